The van der Waals surface area contributed by atoms with E-state index < -0.39 is 9.84 Å². The number of benzene rings is 1. The van der Waals surface area contributed by atoms with Crippen LogP contribution in [0.1, 0.15) is 0 Å². The number of halogens is 1. The molecule has 0 fully saturated rings. The molecule has 0 spiro atoms. The first kappa shape index (κ1) is 11.0. The fourth-order valence-electron chi connectivity index (χ4n) is 0.867. The smallest absolute Gasteiger partial charge is 0.269 e. The van der Waals surface area contributed by atoms with Crippen molar-refractivity contribution in [2.24, 2.45) is 0 Å². The van der Waals surface area contributed by atoms with Crippen LogP contribution in [0.4, 0.5) is 0 Å². The molecule has 0 aliphatic carbocycles. The number of nitrogens with zero attached hydrogens (tertiary/aromatic N) is 1. The molecule has 0 saturated carbocycles. The summed E-state index contributed by atoms with van der Waals surface area (Å²) < 4.78 is 27.7. The van der Waals surface area contributed by atoms with Gasteiger partial charge in [-0.1, -0.05) is 0 Å². The molecule has 0 unspecified atom stereocenters. The third kappa shape index (κ3) is 2.05. The Bertz CT molecular complexity index is 490. The zero-order chi connectivity index (χ0) is 10.8. The zero-order valence-electron chi connectivity index (χ0n) is 7.19. The van der Waals surface area contributed by atoms with Gasteiger partial charge in [-0.05, 0) is 34.1 Å². The highest BCUT2D eigenvalue weighted by molar-refractivity contribution is 9.10. The number of ether oxygens (including phenoxy) is 1. The van der Waals surface area contributed by atoms with E-state index in [0.29, 0.717) is 10.2 Å². The third-order valence-electron chi connectivity index (χ3n) is 1.55. The molecule has 0 N–H and O–H groups in total. The van der Waals surface area contributed by atoms with Gasteiger partial charge in [0.05, 0.1) is 16.5 Å². The van der Waals surface area contributed by atoms with Crippen molar-refractivity contribution in [1.29, 1.82) is 5.26 Å². The van der Waals surface area contributed by atoms with Crippen molar-refractivity contribution in [1.82, 2.24) is 0 Å². The maximum Gasteiger partial charge on any atom is 0.269 e. The molecule has 1 rings (SSSR count). The van der Waals surface area contributed by atoms with Gasteiger partial charge in [-0.2, -0.15) is 5.26 Å². The Balaban J connectivity index is 3.31. The lowest BCUT2D eigenvalue weighted by Crippen LogP contribution is -1.96. The summed E-state index contributed by atoms with van der Waals surface area (Å²) in [5.41, 5.74) is 0. The second-order valence-corrected chi connectivity index (χ2v) is 4.91. The average molecular weight is 276 g/mol. The fraction of sp³-hybridized carbons (Fsp3) is 0.125. The van der Waals surface area contributed by atoms with Crippen molar-refractivity contribution in [2.45, 2.75) is 4.90 Å². The van der Waals surface area contributed by atoms with Gasteiger partial charge >= 0.3 is 0 Å². The SMILES string of the molecule is COc1ccc(S(=O)(=O)C#N)cc1Br. The molecule has 1 aromatic carbocycles. The predicted molar refractivity (Wildman–Crippen MR) is 53.5 cm³/mol. The molecule has 4 nitrogen and oxygen atoms in total. The van der Waals surface area contributed by atoms with Gasteiger partial charge in [0.15, 0.2) is 5.40 Å². The van der Waals surface area contributed by atoms with Crippen LogP contribution in [0.25, 0.3) is 0 Å². The van der Waals surface area contributed by atoms with Gasteiger partial charge < -0.3 is 4.74 Å². The molecule has 0 amide bonds. The zero-order valence-corrected chi connectivity index (χ0v) is 9.59. The second-order valence-electron chi connectivity index (χ2n) is 2.39. The maximum atomic E-state index is 11.1. The first-order chi connectivity index (χ1) is 6.51. The molecule has 0 saturated heterocycles. The van der Waals surface area contributed by atoms with E-state index in [0.717, 1.165) is 0 Å². The van der Waals surface area contributed by atoms with Crippen LogP contribution < -0.4 is 4.74 Å². The normalized spacial score (nSPS) is 10.6. The molecule has 0 aliphatic heterocycles. The summed E-state index contributed by atoms with van der Waals surface area (Å²) in [5, 5.41) is 9.61. The van der Waals surface area contributed by atoms with Crippen molar-refractivity contribution in [3.63, 3.8) is 0 Å². The second kappa shape index (κ2) is 3.98. The highest BCUT2D eigenvalue weighted by Gasteiger charge is 2.14. The number of thiocyanates is 1. The molecular weight excluding hydrogens is 270 g/mol. The van der Waals surface area contributed by atoms with Crippen LogP contribution >= 0.6 is 15.9 Å². The van der Waals surface area contributed by atoms with Crippen LogP contribution in [-0.2, 0) is 9.84 Å². The van der Waals surface area contributed by atoms with Gasteiger partial charge in [0.2, 0.25) is 0 Å². The van der Waals surface area contributed by atoms with Gasteiger partial charge in [0, 0.05) is 0 Å². The van der Waals surface area contributed by atoms with Gasteiger partial charge in [0.1, 0.15) is 5.75 Å². The molecule has 0 bridgehead atoms. The molecule has 0 radical (unpaired) electrons. The van der Waals surface area contributed by atoms with E-state index in [9.17, 15) is 8.42 Å². The molecule has 74 valence electrons. The van der Waals surface area contributed by atoms with Crippen LogP contribution in [0.2, 0.25) is 0 Å². The number of methoxy groups -OCH3 is 1. The van der Waals surface area contributed by atoms with Gasteiger partial charge in [-0.15, -0.1) is 0 Å². The minimum atomic E-state index is -3.83. The topological polar surface area (TPSA) is 67.2 Å². The van der Waals surface area contributed by atoms with Crippen molar-refractivity contribution >= 4 is 25.8 Å². The number of hydrogen-bond acceptors (Lipinski definition) is 4. The average Bonchev–Trinajstić information content (AvgIpc) is 2.17. The summed E-state index contributed by atoms with van der Waals surface area (Å²) in [7, 11) is -2.35. The summed E-state index contributed by atoms with van der Waals surface area (Å²) in [6.07, 6.45) is 0. The largest absolute Gasteiger partial charge is 0.496 e. The van der Waals surface area contributed by atoms with Crippen LogP contribution in [0.15, 0.2) is 27.6 Å². The monoisotopic (exact) mass is 275 g/mol. The van der Waals surface area contributed by atoms with Crippen molar-refractivity contribution < 1.29 is 13.2 Å². The standard InChI is InChI=1S/C8H6BrNO3S/c1-13-8-3-2-6(4-7(8)9)14(11,12)5-10/h2-4H,1H3. The summed E-state index contributed by atoms with van der Waals surface area (Å²) in [6.45, 7) is 0. The van der Waals surface area contributed by atoms with Crippen LogP contribution in [0.5, 0.6) is 5.75 Å². The molecule has 0 atom stereocenters. The predicted octanol–water partition coefficient (Wildman–Crippen LogP) is 1.71. The van der Waals surface area contributed by atoms with E-state index in [-0.39, 0.29) is 4.90 Å². The van der Waals surface area contributed by atoms with Crippen LogP contribution in [0, 0.1) is 10.7 Å². The summed E-state index contributed by atoms with van der Waals surface area (Å²) >= 11 is 3.13. The molecule has 6 heteroatoms. The van der Waals surface area contributed by atoms with E-state index in [4.69, 9.17) is 10.00 Å². The third-order valence-corrected chi connectivity index (χ3v) is 3.29. The van der Waals surface area contributed by atoms with E-state index in [2.05, 4.69) is 15.9 Å². The van der Waals surface area contributed by atoms with E-state index in [1.54, 1.807) is 0 Å². The fourth-order valence-corrected chi connectivity index (χ4v) is 2.18. The summed E-state index contributed by atoms with van der Waals surface area (Å²) in [6, 6.07) is 4.13. The number of rotatable bonds is 2. The molecule has 1 aromatic rings. The van der Waals surface area contributed by atoms with E-state index in [1.807, 2.05) is 0 Å². The van der Waals surface area contributed by atoms with Crippen molar-refractivity contribution in [3.8, 4) is 11.2 Å². The Morgan fingerprint density at radius 2 is 2.14 bits per heavy atom. The lowest BCUT2D eigenvalue weighted by molar-refractivity contribution is 0.411. The number of hydrogen-bond donors (Lipinski definition) is 0. The minimum Gasteiger partial charge on any atom is -0.496 e. The molecule has 14 heavy (non-hydrogen) atoms. The number of sulfone groups is 1. The lowest BCUT2D eigenvalue weighted by Gasteiger charge is -2.03. The lowest BCUT2D eigenvalue weighted by atomic mass is 10.3. The first-order valence-electron chi connectivity index (χ1n) is 3.50. The van der Waals surface area contributed by atoms with Crippen LogP contribution in [0.3, 0.4) is 0 Å². The highest BCUT2D eigenvalue weighted by Crippen LogP contribution is 2.27. The Hall–Kier alpha value is -1.06. The van der Waals surface area contributed by atoms with Gasteiger partial charge in [-0.3, -0.25) is 0 Å². The number of nitriles is 1. The highest BCUT2D eigenvalue weighted by atomic mass is 79.9. The Morgan fingerprint density at radius 1 is 1.50 bits per heavy atom. The molecule has 0 aromatic heterocycles. The van der Waals surface area contributed by atoms with E-state index in [1.165, 1.54) is 30.7 Å². The first-order valence-corrected chi connectivity index (χ1v) is 5.78. The molecular formula is C8H6BrNO3S. The summed E-state index contributed by atoms with van der Waals surface area (Å²) in [4.78, 5) is -0.0484. The molecule has 0 heterocycles. The van der Waals surface area contributed by atoms with Gasteiger partial charge in [-0.25, -0.2) is 8.42 Å². The van der Waals surface area contributed by atoms with Crippen LogP contribution in [-0.4, -0.2) is 15.5 Å². The Morgan fingerprint density at radius 3 is 2.57 bits per heavy atom. The maximum absolute atomic E-state index is 11.1. The van der Waals surface area contributed by atoms with Crippen molar-refractivity contribution in [2.75, 3.05) is 7.11 Å². The van der Waals surface area contributed by atoms with Crippen molar-refractivity contribution in [3.05, 3.63) is 22.7 Å². The Labute approximate surface area is 90.2 Å². The minimum absolute atomic E-state index is 0.0484. The van der Waals surface area contributed by atoms with Gasteiger partial charge in [0.25, 0.3) is 9.84 Å². The quantitative estimate of drug-likeness (QED) is 0.609. The Kier molecular flexibility index (Phi) is 3.13. The summed E-state index contributed by atoms with van der Waals surface area (Å²) in [5.74, 6) is 0.516. The molecule has 0 aliphatic rings. The van der Waals surface area contributed by atoms with E-state index >= 15 is 0 Å².